The SMILES string of the molecule is CC(C)c1nccc(CN2CC(c3cccnc3)C2)n1. The summed E-state index contributed by atoms with van der Waals surface area (Å²) >= 11 is 0. The van der Waals surface area contributed by atoms with E-state index < -0.39 is 0 Å². The van der Waals surface area contributed by atoms with E-state index in [4.69, 9.17) is 0 Å². The van der Waals surface area contributed by atoms with Gasteiger partial charge in [0.05, 0.1) is 5.69 Å². The standard InChI is InChI=1S/C16H20N4/c1-12(2)16-18-7-5-15(19-16)11-20-9-14(10-20)13-4-3-6-17-8-13/h3-8,12,14H,9-11H2,1-2H3. The van der Waals surface area contributed by atoms with Gasteiger partial charge in [-0.1, -0.05) is 19.9 Å². The lowest BCUT2D eigenvalue weighted by Crippen LogP contribution is -2.44. The van der Waals surface area contributed by atoms with Gasteiger partial charge in [0.15, 0.2) is 0 Å². The molecule has 0 amide bonds. The first-order valence-electron chi connectivity index (χ1n) is 7.16. The molecule has 0 spiro atoms. The van der Waals surface area contributed by atoms with Gasteiger partial charge in [-0.15, -0.1) is 0 Å². The number of hydrogen-bond acceptors (Lipinski definition) is 4. The fraction of sp³-hybridized carbons (Fsp3) is 0.438. The summed E-state index contributed by atoms with van der Waals surface area (Å²) in [6.45, 7) is 7.35. The molecule has 3 heterocycles. The van der Waals surface area contributed by atoms with Crippen LogP contribution in [0.4, 0.5) is 0 Å². The molecule has 0 aromatic carbocycles. The van der Waals surface area contributed by atoms with Crippen molar-refractivity contribution >= 4 is 0 Å². The lowest BCUT2D eigenvalue weighted by Gasteiger charge is -2.39. The Balaban J connectivity index is 1.58. The molecular weight excluding hydrogens is 248 g/mol. The molecule has 4 heteroatoms. The number of likely N-dealkylation sites (tertiary alicyclic amines) is 1. The number of hydrogen-bond donors (Lipinski definition) is 0. The average molecular weight is 268 g/mol. The van der Waals surface area contributed by atoms with E-state index in [1.165, 1.54) is 5.56 Å². The quantitative estimate of drug-likeness (QED) is 0.854. The first-order valence-corrected chi connectivity index (χ1v) is 7.16. The zero-order valence-electron chi connectivity index (χ0n) is 12.0. The highest BCUT2D eigenvalue weighted by Gasteiger charge is 2.28. The Labute approximate surface area is 119 Å². The molecular formula is C16H20N4. The number of nitrogens with zero attached hydrogens (tertiary/aromatic N) is 4. The molecule has 3 rings (SSSR count). The van der Waals surface area contributed by atoms with Crippen molar-refractivity contribution < 1.29 is 0 Å². The predicted molar refractivity (Wildman–Crippen MR) is 78.4 cm³/mol. The summed E-state index contributed by atoms with van der Waals surface area (Å²) in [5.41, 5.74) is 2.46. The second kappa shape index (κ2) is 5.67. The molecule has 20 heavy (non-hydrogen) atoms. The summed E-state index contributed by atoms with van der Waals surface area (Å²) in [4.78, 5) is 15.6. The van der Waals surface area contributed by atoms with Gasteiger partial charge in [-0.25, -0.2) is 9.97 Å². The van der Waals surface area contributed by atoms with Crippen LogP contribution < -0.4 is 0 Å². The molecule has 0 radical (unpaired) electrons. The Morgan fingerprint density at radius 1 is 1.25 bits per heavy atom. The molecule has 104 valence electrons. The van der Waals surface area contributed by atoms with Crippen LogP contribution in [0.25, 0.3) is 0 Å². The summed E-state index contributed by atoms with van der Waals surface area (Å²) < 4.78 is 0. The van der Waals surface area contributed by atoms with Crippen molar-refractivity contribution in [2.45, 2.75) is 32.2 Å². The lowest BCUT2D eigenvalue weighted by atomic mass is 9.92. The third kappa shape index (κ3) is 2.85. The highest BCUT2D eigenvalue weighted by atomic mass is 15.2. The summed E-state index contributed by atoms with van der Waals surface area (Å²) in [6.07, 6.45) is 5.67. The Morgan fingerprint density at radius 2 is 2.10 bits per heavy atom. The van der Waals surface area contributed by atoms with Crippen LogP contribution in [0.5, 0.6) is 0 Å². The lowest BCUT2D eigenvalue weighted by molar-refractivity contribution is 0.137. The first kappa shape index (κ1) is 13.2. The van der Waals surface area contributed by atoms with Gasteiger partial charge in [-0.3, -0.25) is 9.88 Å². The van der Waals surface area contributed by atoms with Gasteiger partial charge in [-0.05, 0) is 17.7 Å². The van der Waals surface area contributed by atoms with Crippen LogP contribution in [0, 0.1) is 0 Å². The average Bonchev–Trinajstić information content (AvgIpc) is 2.43. The molecule has 1 aliphatic rings. The van der Waals surface area contributed by atoms with Crippen LogP contribution in [0.15, 0.2) is 36.8 Å². The Hall–Kier alpha value is -1.81. The van der Waals surface area contributed by atoms with Gasteiger partial charge in [0, 0.05) is 50.1 Å². The summed E-state index contributed by atoms with van der Waals surface area (Å²) in [5, 5.41) is 0. The minimum Gasteiger partial charge on any atom is -0.296 e. The fourth-order valence-electron chi connectivity index (χ4n) is 2.54. The van der Waals surface area contributed by atoms with Gasteiger partial charge in [0.25, 0.3) is 0 Å². The molecule has 4 nitrogen and oxygen atoms in total. The van der Waals surface area contributed by atoms with Crippen LogP contribution >= 0.6 is 0 Å². The van der Waals surface area contributed by atoms with Crippen LogP contribution in [0.3, 0.4) is 0 Å². The van der Waals surface area contributed by atoms with Crippen LogP contribution in [0.1, 0.15) is 42.8 Å². The number of rotatable bonds is 4. The van der Waals surface area contributed by atoms with Gasteiger partial charge >= 0.3 is 0 Å². The van der Waals surface area contributed by atoms with E-state index in [1.54, 1.807) is 0 Å². The summed E-state index contributed by atoms with van der Waals surface area (Å²) in [5.74, 6) is 1.94. The second-order valence-corrected chi connectivity index (χ2v) is 5.74. The van der Waals surface area contributed by atoms with Crippen molar-refractivity contribution in [3.8, 4) is 0 Å². The van der Waals surface area contributed by atoms with Crippen LogP contribution in [-0.4, -0.2) is 32.9 Å². The molecule has 0 saturated carbocycles. The van der Waals surface area contributed by atoms with Crippen molar-refractivity contribution in [3.05, 3.63) is 53.9 Å². The summed E-state index contributed by atoms with van der Waals surface area (Å²) in [6, 6.07) is 6.19. The Bertz CT molecular complexity index is 562. The molecule has 0 atom stereocenters. The van der Waals surface area contributed by atoms with Crippen LogP contribution in [-0.2, 0) is 6.54 Å². The zero-order valence-corrected chi connectivity index (χ0v) is 12.0. The Morgan fingerprint density at radius 3 is 2.80 bits per heavy atom. The topological polar surface area (TPSA) is 41.9 Å². The molecule has 0 N–H and O–H groups in total. The van der Waals surface area contributed by atoms with E-state index in [0.717, 1.165) is 31.2 Å². The maximum absolute atomic E-state index is 4.63. The third-order valence-electron chi connectivity index (χ3n) is 3.75. The predicted octanol–water partition coefficient (Wildman–Crippen LogP) is 2.59. The monoisotopic (exact) mass is 268 g/mol. The maximum Gasteiger partial charge on any atom is 0.131 e. The van der Waals surface area contributed by atoms with E-state index in [-0.39, 0.29) is 0 Å². The van der Waals surface area contributed by atoms with Gasteiger partial charge in [0.1, 0.15) is 5.82 Å². The molecule has 0 unspecified atom stereocenters. The minimum atomic E-state index is 0.384. The Kier molecular flexibility index (Phi) is 3.74. The first-order chi connectivity index (χ1) is 9.72. The zero-order chi connectivity index (χ0) is 13.9. The fourth-order valence-corrected chi connectivity index (χ4v) is 2.54. The van der Waals surface area contributed by atoms with E-state index >= 15 is 0 Å². The van der Waals surface area contributed by atoms with E-state index in [9.17, 15) is 0 Å². The van der Waals surface area contributed by atoms with Crippen molar-refractivity contribution in [2.75, 3.05) is 13.1 Å². The molecule has 0 bridgehead atoms. The molecule has 2 aromatic rings. The second-order valence-electron chi connectivity index (χ2n) is 5.74. The van der Waals surface area contributed by atoms with Crippen molar-refractivity contribution in [2.24, 2.45) is 0 Å². The smallest absolute Gasteiger partial charge is 0.131 e. The minimum absolute atomic E-state index is 0.384. The van der Waals surface area contributed by atoms with E-state index in [2.05, 4.69) is 39.8 Å². The number of aromatic nitrogens is 3. The van der Waals surface area contributed by atoms with Crippen molar-refractivity contribution in [1.82, 2.24) is 19.9 Å². The highest BCUT2D eigenvalue weighted by molar-refractivity contribution is 5.19. The molecule has 1 saturated heterocycles. The maximum atomic E-state index is 4.63. The van der Waals surface area contributed by atoms with Crippen molar-refractivity contribution in [3.63, 3.8) is 0 Å². The molecule has 0 aliphatic carbocycles. The van der Waals surface area contributed by atoms with E-state index in [1.807, 2.05) is 30.7 Å². The van der Waals surface area contributed by atoms with Crippen LogP contribution in [0.2, 0.25) is 0 Å². The van der Waals surface area contributed by atoms with Gasteiger partial charge in [0.2, 0.25) is 0 Å². The van der Waals surface area contributed by atoms with E-state index in [0.29, 0.717) is 11.8 Å². The van der Waals surface area contributed by atoms with Crippen molar-refractivity contribution in [1.29, 1.82) is 0 Å². The molecule has 2 aromatic heterocycles. The molecule has 1 aliphatic heterocycles. The summed E-state index contributed by atoms with van der Waals surface area (Å²) in [7, 11) is 0. The third-order valence-corrected chi connectivity index (χ3v) is 3.75. The van der Waals surface area contributed by atoms with Gasteiger partial charge in [-0.2, -0.15) is 0 Å². The largest absolute Gasteiger partial charge is 0.296 e. The highest BCUT2D eigenvalue weighted by Crippen LogP contribution is 2.27. The normalized spacial score (nSPS) is 16.4. The number of pyridine rings is 1. The van der Waals surface area contributed by atoms with Gasteiger partial charge < -0.3 is 0 Å². The molecule has 1 fully saturated rings.